The molecule has 3 aromatic rings. The smallest absolute Gasteiger partial charge is 0.410 e. The highest BCUT2D eigenvalue weighted by molar-refractivity contribution is 5.79. The zero-order valence-corrected chi connectivity index (χ0v) is 16.0. The molecule has 5 nitrogen and oxygen atoms in total. The Morgan fingerprint density at radius 2 is 1.72 bits per heavy atom. The molecule has 0 bridgehead atoms. The number of rotatable bonds is 2. The van der Waals surface area contributed by atoms with Crippen LogP contribution in [0.25, 0.3) is 11.1 Å². The standard InChI is InChI=1S/C24H22N2O3/c25-17-10-9-16-14-26(11-12-28-23(16)13-17)24(27)29-15-22-20-7-3-1-5-18(20)19-6-2-4-8-21(19)22/h1-10,13,22H,11-12,14-15,25H2. The molecule has 3 aromatic carbocycles. The van der Waals surface area contributed by atoms with Gasteiger partial charge < -0.3 is 20.1 Å². The molecule has 0 saturated heterocycles. The fraction of sp³-hybridized carbons (Fsp3) is 0.208. The van der Waals surface area contributed by atoms with Crippen LogP contribution in [0.1, 0.15) is 22.6 Å². The number of hydrogen-bond acceptors (Lipinski definition) is 4. The number of amides is 1. The summed E-state index contributed by atoms with van der Waals surface area (Å²) in [5.74, 6) is 0.792. The fourth-order valence-corrected chi connectivity index (χ4v) is 4.23. The molecule has 0 unspecified atom stereocenters. The molecule has 5 heteroatoms. The van der Waals surface area contributed by atoms with E-state index < -0.39 is 0 Å². The Morgan fingerprint density at radius 1 is 1.03 bits per heavy atom. The maximum atomic E-state index is 12.8. The zero-order valence-electron chi connectivity index (χ0n) is 16.0. The molecule has 1 amide bonds. The number of carbonyl (C=O) groups excluding carboxylic acids is 1. The quantitative estimate of drug-likeness (QED) is 0.663. The van der Waals surface area contributed by atoms with Crippen LogP contribution in [0.15, 0.2) is 66.7 Å². The van der Waals surface area contributed by atoms with Crippen molar-refractivity contribution >= 4 is 11.8 Å². The molecule has 2 aliphatic rings. The van der Waals surface area contributed by atoms with Crippen LogP contribution in [-0.4, -0.2) is 30.8 Å². The first-order chi connectivity index (χ1) is 14.2. The normalized spacial score (nSPS) is 15.0. The lowest BCUT2D eigenvalue weighted by Gasteiger charge is -2.21. The molecule has 0 fully saturated rings. The number of nitrogen functional groups attached to an aromatic ring is 1. The van der Waals surface area contributed by atoms with Crippen LogP contribution in [0.5, 0.6) is 5.75 Å². The third kappa shape index (κ3) is 3.18. The van der Waals surface area contributed by atoms with Crippen molar-refractivity contribution < 1.29 is 14.3 Å². The minimum Gasteiger partial charge on any atom is -0.491 e. The number of hydrogen-bond donors (Lipinski definition) is 1. The number of nitrogens with zero attached hydrogens (tertiary/aromatic N) is 1. The van der Waals surface area contributed by atoms with E-state index in [2.05, 4.69) is 24.3 Å². The molecule has 29 heavy (non-hydrogen) atoms. The monoisotopic (exact) mass is 386 g/mol. The Labute approximate surface area is 169 Å². The van der Waals surface area contributed by atoms with Crippen LogP contribution in [0.2, 0.25) is 0 Å². The van der Waals surface area contributed by atoms with Crippen molar-refractivity contribution in [3.05, 3.63) is 83.4 Å². The van der Waals surface area contributed by atoms with Gasteiger partial charge in [0.2, 0.25) is 0 Å². The van der Waals surface area contributed by atoms with E-state index in [9.17, 15) is 4.79 Å². The van der Waals surface area contributed by atoms with Crippen molar-refractivity contribution in [1.29, 1.82) is 0 Å². The first-order valence-corrected chi connectivity index (χ1v) is 9.82. The number of carbonyl (C=O) groups is 1. The molecule has 0 aromatic heterocycles. The minimum absolute atomic E-state index is 0.0571. The summed E-state index contributed by atoms with van der Waals surface area (Å²) in [7, 11) is 0. The summed E-state index contributed by atoms with van der Waals surface area (Å²) in [6.07, 6.45) is -0.319. The van der Waals surface area contributed by atoms with Gasteiger partial charge in [0.1, 0.15) is 19.0 Å². The molecule has 0 radical (unpaired) electrons. The van der Waals surface area contributed by atoms with Gasteiger partial charge in [0.25, 0.3) is 0 Å². The minimum atomic E-state index is -0.319. The summed E-state index contributed by atoms with van der Waals surface area (Å²) in [4.78, 5) is 14.5. The molecule has 1 aliphatic carbocycles. The summed E-state index contributed by atoms with van der Waals surface area (Å²) in [5, 5.41) is 0. The third-order valence-electron chi connectivity index (χ3n) is 5.67. The van der Waals surface area contributed by atoms with Crippen LogP contribution >= 0.6 is 0 Å². The SMILES string of the molecule is Nc1ccc2c(c1)OCCN(C(=O)OCC1c3ccccc3-c3ccccc31)C2. The van der Waals surface area contributed by atoms with Gasteiger partial charge in [-0.15, -0.1) is 0 Å². The van der Waals surface area contributed by atoms with Crippen LogP contribution in [0.3, 0.4) is 0 Å². The van der Waals surface area contributed by atoms with E-state index in [1.165, 1.54) is 22.3 Å². The first-order valence-electron chi connectivity index (χ1n) is 9.82. The van der Waals surface area contributed by atoms with Crippen molar-refractivity contribution in [3.8, 4) is 16.9 Å². The van der Waals surface area contributed by atoms with Crippen LogP contribution < -0.4 is 10.5 Å². The number of fused-ring (bicyclic) bond motifs is 4. The molecular formula is C24H22N2O3. The molecule has 0 atom stereocenters. The van der Waals surface area contributed by atoms with Gasteiger partial charge in [-0.2, -0.15) is 0 Å². The predicted molar refractivity (Wildman–Crippen MR) is 112 cm³/mol. The van der Waals surface area contributed by atoms with Crippen molar-refractivity contribution in [2.45, 2.75) is 12.5 Å². The van der Waals surface area contributed by atoms with Gasteiger partial charge in [-0.05, 0) is 28.3 Å². The second kappa shape index (κ2) is 7.17. The summed E-state index contributed by atoms with van der Waals surface area (Å²) in [6, 6.07) is 22.2. The van der Waals surface area contributed by atoms with Gasteiger partial charge in [-0.1, -0.05) is 54.6 Å². The topological polar surface area (TPSA) is 64.8 Å². The number of nitrogens with two attached hydrogens (primary N) is 1. The lowest BCUT2D eigenvalue weighted by molar-refractivity contribution is 0.0947. The van der Waals surface area contributed by atoms with E-state index in [4.69, 9.17) is 15.2 Å². The second-order valence-corrected chi connectivity index (χ2v) is 7.44. The second-order valence-electron chi connectivity index (χ2n) is 7.44. The van der Waals surface area contributed by atoms with Crippen molar-refractivity contribution in [2.24, 2.45) is 0 Å². The summed E-state index contributed by atoms with van der Waals surface area (Å²) in [6.45, 7) is 1.66. The highest BCUT2D eigenvalue weighted by atomic mass is 16.6. The number of anilines is 1. The molecule has 1 heterocycles. The Hall–Kier alpha value is -3.47. The van der Waals surface area contributed by atoms with Gasteiger partial charge in [0.05, 0.1) is 13.1 Å². The third-order valence-corrected chi connectivity index (χ3v) is 5.67. The molecule has 5 rings (SSSR count). The van der Waals surface area contributed by atoms with Crippen LogP contribution in [-0.2, 0) is 11.3 Å². The van der Waals surface area contributed by atoms with Gasteiger partial charge in [0.15, 0.2) is 0 Å². The maximum absolute atomic E-state index is 12.8. The fourth-order valence-electron chi connectivity index (χ4n) is 4.23. The average molecular weight is 386 g/mol. The molecule has 0 spiro atoms. The van der Waals surface area contributed by atoms with Gasteiger partial charge in [-0.25, -0.2) is 4.79 Å². The van der Waals surface area contributed by atoms with E-state index in [1.54, 1.807) is 11.0 Å². The Bertz CT molecular complexity index is 1030. The van der Waals surface area contributed by atoms with Crippen LogP contribution in [0.4, 0.5) is 10.5 Å². The number of ether oxygens (including phenoxy) is 2. The van der Waals surface area contributed by atoms with Crippen molar-refractivity contribution in [2.75, 3.05) is 25.5 Å². The van der Waals surface area contributed by atoms with E-state index in [0.717, 1.165) is 11.3 Å². The number of benzene rings is 3. The van der Waals surface area contributed by atoms with E-state index in [-0.39, 0.29) is 12.0 Å². The highest BCUT2D eigenvalue weighted by Crippen LogP contribution is 2.44. The lowest BCUT2D eigenvalue weighted by Crippen LogP contribution is -2.33. The van der Waals surface area contributed by atoms with Gasteiger partial charge >= 0.3 is 6.09 Å². The zero-order chi connectivity index (χ0) is 19.8. The van der Waals surface area contributed by atoms with Crippen molar-refractivity contribution in [1.82, 2.24) is 4.90 Å². The van der Waals surface area contributed by atoms with Crippen LogP contribution in [0, 0.1) is 0 Å². The van der Waals surface area contributed by atoms with Gasteiger partial charge in [-0.3, -0.25) is 0 Å². The average Bonchev–Trinajstić information content (AvgIpc) is 2.90. The van der Waals surface area contributed by atoms with E-state index >= 15 is 0 Å². The highest BCUT2D eigenvalue weighted by Gasteiger charge is 2.30. The summed E-state index contributed by atoms with van der Waals surface area (Å²) >= 11 is 0. The largest absolute Gasteiger partial charge is 0.491 e. The van der Waals surface area contributed by atoms with Gasteiger partial charge in [0, 0.05) is 23.2 Å². The molecular weight excluding hydrogens is 364 g/mol. The van der Waals surface area contributed by atoms with E-state index in [1.807, 2.05) is 36.4 Å². The predicted octanol–water partition coefficient (Wildman–Crippen LogP) is 4.41. The lowest BCUT2D eigenvalue weighted by atomic mass is 9.98. The maximum Gasteiger partial charge on any atom is 0.410 e. The summed E-state index contributed by atoms with van der Waals surface area (Å²) < 4.78 is 11.5. The summed E-state index contributed by atoms with van der Waals surface area (Å²) in [5.41, 5.74) is 12.3. The van der Waals surface area contributed by atoms with E-state index in [0.29, 0.717) is 32.0 Å². The Morgan fingerprint density at radius 3 is 2.45 bits per heavy atom. The van der Waals surface area contributed by atoms with Crippen molar-refractivity contribution in [3.63, 3.8) is 0 Å². The first kappa shape index (κ1) is 17.6. The molecule has 2 N–H and O–H groups in total. The Kier molecular flexibility index (Phi) is 4.35. The molecule has 1 aliphatic heterocycles. The molecule has 146 valence electrons. The Balaban J connectivity index is 1.33. The molecule has 0 saturated carbocycles.